The van der Waals surface area contributed by atoms with Crippen LogP contribution in [0.1, 0.15) is 38.5 Å². The molecule has 0 saturated heterocycles. The molecule has 2 aliphatic carbocycles. The topological polar surface area (TPSA) is 40.5 Å². The zero-order chi connectivity index (χ0) is 9.97. The Kier molecular flexibility index (Phi) is 3.45. The minimum atomic E-state index is 0.364. The highest BCUT2D eigenvalue weighted by molar-refractivity contribution is 4.86. The Morgan fingerprint density at radius 2 is 1.64 bits per heavy atom. The maximum absolute atomic E-state index is 9.27. The van der Waals surface area contributed by atoms with Gasteiger partial charge in [-0.1, -0.05) is 6.42 Å². The van der Waals surface area contributed by atoms with Crippen molar-refractivity contribution in [2.75, 3.05) is 13.2 Å². The number of fused-ring (bicyclic) bond motifs is 2. The molecule has 14 heavy (non-hydrogen) atoms. The van der Waals surface area contributed by atoms with Gasteiger partial charge >= 0.3 is 0 Å². The smallest absolute Gasteiger partial charge is 0.0462 e. The lowest BCUT2D eigenvalue weighted by Gasteiger charge is -2.22. The summed E-state index contributed by atoms with van der Waals surface area (Å²) < 4.78 is 0. The van der Waals surface area contributed by atoms with E-state index >= 15 is 0 Å². The highest BCUT2D eigenvalue weighted by Gasteiger charge is 2.35. The normalized spacial score (nSPS) is 43.3. The SMILES string of the molecule is OCC1CCC2CC(CO)C(CC1)C2. The van der Waals surface area contributed by atoms with Crippen molar-refractivity contribution in [3.8, 4) is 0 Å². The van der Waals surface area contributed by atoms with Gasteiger partial charge < -0.3 is 10.2 Å². The second-order valence-corrected chi connectivity index (χ2v) is 5.24. The number of aliphatic hydroxyl groups excluding tert-OH is 2. The number of hydrogen-bond donors (Lipinski definition) is 2. The molecule has 82 valence electrons. The van der Waals surface area contributed by atoms with Crippen LogP contribution in [-0.2, 0) is 0 Å². The Morgan fingerprint density at radius 3 is 2.36 bits per heavy atom. The Labute approximate surface area is 86.3 Å². The third-order valence-electron chi connectivity index (χ3n) is 4.36. The van der Waals surface area contributed by atoms with Crippen LogP contribution in [-0.4, -0.2) is 23.4 Å². The maximum atomic E-state index is 9.27. The van der Waals surface area contributed by atoms with Gasteiger partial charge in [0.25, 0.3) is 0 Å². The predicted molar refractivity (Wildman–Crippen MR) is 55.8 cm³/mol. The summed E-state index contributed by atoms with van der Waals surface area (Å²) in [5.41, 5.74) is 0. The van der Waals surface area contributed by atoms with Gasteiger partial charge in [-0.05, 0) is 55.8 Å². The van der Waals surface area contributed by atoms with Crippen LogP contribution in [0.5, 0.6) is 0 Å². The third kappa shape index (κ3) is 2.12. The van der Waals surface area contributed by atoms with Crippen molar-refractivity contribution in [3.05, 3.63) is 0 Å². The minimum absolute atomic E-state index is 0.364. The molecule has 0 spiro atoms. The summed E-state index contributed by atoms with van der Waals surface area (Å²) in [6, 6.07) is 0. The zero-order valence-corrected chi connectivity index (χ0v) is 8.86. The van der Waals surface area contributed by atoms with E-state index in [9.17, 15) is 10.2 Å². The molecule has 0 amide bonds. The first-order valence-electron chi connectivity index (χ1n) is 6.05. The van der Waals surface area contributed by atoms with Crippen LogP contribution in [0.3, 0.4) is 0 Å². The lowest BCUT2D eigenvalue weighted by atomic mass is 9.84. The fourth-order valence-electron chi connectivity index (χ4n) is 3.40. The fraction of sp³-hybridized carbons (Fsp3) is 1.00. The molecule has 0 aliphatic heterocycles. The van der Waals surface area contributed by atoms with E-state index in [1.165, 1.54) is 38.5 Å². The van der Waals surface area contributed by atoms with Gasteiger partial charge in [0.05, 0.1) is 0 Å². The molecule has 0 aromatic heterocycles. The molecule has 0 heterocycles. The van der Waals surface area contributed by atoms with Crippen molar-refractivity contribution in [1.29, 1.82) is 0 Å². The lowest BCUT2D eigenvalue weighted by Crippen LogP contribution is -2.15. The molecular formula is C12H22O2. The highest BCUT2D eigenvalue weighted by atomic mass is 16.3. The Bertz CT molecular complexity index is 179. The number of aliphatic hydroxyl groups is 2. The van der Waals surface area contributed by atoms with Crippen molar-refractivity contribution in [1.82, 2.24) is 0 Å². The van der Waals surface area contributed by atoms with Gasteiger partial charge in [0.2, 0.25) is 0 Å². The van der Waals surface area contributed by atoms with Crippen molar-refractivity contribution in [3.63, 3.8) is 0 Å². The summed E-state index contributed by atoms with van der Waals surface area (Å²) in [5, 5.41) is 18.4. The first-order chi connectivity index (χ1) is 6.83. The van der Waals surface area contributed by atoms with E-state index in [0.29, 0.717) is 25.0 Å². The molecule has 2 rings (SSSR count). The van der Waals surface area contributed by atoms with Gasteiger partial charge in [-0.15, -0.1) is 0 Å². The fourth-order valence-corrected chi connectivity index (χ4v) is 3.40. The van der Waals surface area contributed by atoms with Crippen LogP contribution in [0.15, 0.2) is 0 Å². The molecule has 0 radical (unpaired) electrons. The molecule has 2 fully saturated rings. The van der Waals surface area contributed by atoms with Crippen LogP contribution >= 0.6 is 0 Å². The Balaban J connectivity index is 1.95. The van der Waals surface area contributed by atoms with Crippen LogP contribution in [0.2, 0.25) is 0 Å². The molecule has 0 aromatic rings. The standard InChI is InChI=1S/C12H22O2/c13-7-9-1-2-10-5-11(4-3-9)12(6-10)8-14/h9-14H,1-8H2. The largest absolute Gasteiger partial charge is 0.396 e. The highest BCUT2D eigenvalue weighted by Crippen LogP contribution is 2.44. The zero-order valence-electron chi connectivity index (χ0n) is 8.86. The number of rotatable bonds is 2. The molecule has 2 nitrogen and oxygen atoms in total. The Morgan fingerprint density at radius 1 is 0.857 bits per heavy atom. The van der Waals surface area contributed by atoms with Gasteiger partial charge in [0, 0.05) is 13.2 Å². The summed E-state index contributed by atoms with van der Waals surface area (Å²) in [4.78, 5) is 0. The van der Waals surface area contributed by atoms with Crippen molar-refractivity contribution < 1.29 is 10.2 Å². The van der Waals surface area contributed by atoms with Gasteiger partial charge in [-0.2, -0.15) is 0 Å². The average molecular weight is 198 g/mol. The second kappa shape index (κ2) is 4.63. The van der Waals surface area contributed by atoms with E-state index in [4.69, 9.17) is 0 Å². The quantitative estimate of drug-likeness (QED) is 0.710. The average Bonchev–Trinajstić information content (AvgIpc) is 2.59. The monoisotopic (exact) mass is 198 g/mol. The van der Waals surface area contributed by atoms with E-state index in [0.717, 1.165) is 11.8 Å². The lowest BCUT2D eigenvalue weighted by molar-refractivity contribution is 0.166. The van der Waals surface area contributed by atoms with Gasteiger partial charge in [-0.3, -0.25) is 0 Å². The summed E-state index contributed by atoms with van der Waals surface area (Å²) in [5.74, 6) is 2.70. The van der Waals surface area contributed by atoms with Crippen molar-refractivity contribution >= 4 is 0 Å². The first-order valence-corrected chi connectivity index (χ1v) is 6.05. The van der Waals surface area contributed by atoms with E-state index in [1.54, 1.807) is 0 Å². The molecule has 2 heteroatoms. The van der Waals surface area contributed by atoms with E-state index in [1.807, 2.05) is 0 Å². The molecule has 0 aromatic carbocycles. The van der Waals surface area contributed by atoms with Gasteiger partial charge in [0.15, 0.2) is 0 Å². The molecule has 2 aliphatic rings. The van der Waals surface area contributed by atoms with Crippen molar-refractivity contribution in [2.24, 2.45) is 23.7 Å². The maximum Gasteiger partial charge on any atom is 0.0462 e. The third-order valence-corrected chi connectivity index (χ3v) is 4.36. The van der Waals surface area contributed by atoms with E-state index in [-0.39, 0.29) is 0 Å². The summed E-state index contributed by atoms with van der Waals surface area (Å²) in [6.45, 7) is 0.744. The van der Waals surface area contributed by atoms with Gasteiger partial charge in [0.1, 0.15) is 0 Å². The summed E-state index contributed by atoms with van der Waals surface area (Å²) >= 11 is 0. The van der Waals surface area contributed by atoms with Crippen LogP contribution in [0, 0.1) is 23.7 Å². The van der Waals surface area contributed by atoms with E-state index < -0.39 is 0 Å². The predicted octanol–water partition coefficient (Wildman–Crippen LogP) is 1.80. The summed E-state index contributed by atoms with van der Waals surface area (Å²) in [6.07, 6.45) is 7.45. The Hall–Kier alpha value is -0.0800. The number of hydrogen-bond acceptors (Lipinski definition) is 2. The summed E-state index contributed by atoms with van der Waals surface area (Å²) in [7, 11) is 0. The van der Waals surface area contributed by atoms with E-state index in [2.05, 4.69) is 0 Å². The molecule has 2 bridgehead atoms. The van der Waals surface area contributed by atoms with Crippen LogP contribution < -0.4 is 0 Å². The molecule has 2 N–H and O–H groups in total. The van der Waals surface area contributed by atoms with Crippen LogP contribution in [0.4, 0.5) is 0 Å². The van der Waals surface area contributed by atoms with Crippen LogP contribution in [0.25, 0.3) is 0 Å². The molecule has 2 saturated carbocycles. The minimum Gasteiger partial charge on any atom is -0.396 e. The van der Waals surface area contributed by atoms with Crippen molar-refractivity contribution in [2.45, 2.75) is 38.5 Å². The first kappa shape index (κ1) is 10.4. The van der Waals surface area contributed by atoms with Gasteiger partial charge in [-0.25, -0.2) is 0 Å². The molecular weight excluding hydrogens is 176 g/mol. The molecule has 4 unspecified atom stereocenters. The molecule has 4 atom stereocenters. The second-order valence-electron chi connectivity index (χ2n) is 5.24.